The van der Waals surface area contributed by atoms with Crippen molar-refractivity contribution < 1.29 is 4.79 Å². The van der Waals surface area contributed by atoms with Crippen LogP contribution in [0.25, 0.3) is 0 Å². The van der Waals surface area contributed by atoms with Crippen molar-refractivity contribution in [2.24, 2.45) is 5.92 Å². The first-order chi connectivity index (χ1) is 8.66. The van der Waals surface area contributed by atoms with E-state index in [2.05, 4.69) is 17.6 Å². The number of piperidine rings is 1. The number of nitrogens with one attached hydrogen (secondary N) is 2. The van der Waals surface area contributed by atoms with Gasteiger partial charge in [-0.05, 0) is 37.9 Å². The van der Waals surface area contributed by atoms with Crippen molar-refractivity contribution in [3.05, 3.63) is 34.9 Å². The summed E-state index contributed by atoms with van der Waals surface area (Å²) in [6.07, 6.45) is 1.83. The standard InChI is InChI=1S/C14H19ClN2O/c1-10-8-11(6-7-16-10)14(18)17-9-12-4-2-3-5-13(12)15/h2-5,10-11,16H,6-9H2,1H3,(H,17,18). The fourth-order valence-electron chi connectivity index (χ4n) is 2.34. The highest BCUT2D eigenvalue weighted by Gasteiger charge is 2.24. The Hall–Kier alpha value is -1.06. The average Bonchev–Trinajstić information content (AvgIpc) is 2.37. The van der Waals surface area contributed by atoms with Crippen molar-refractivity contribution in [2.45, 2.75) is 32.4 Å². The van der Waals surface area contributed by atoms with E-state index in [0.717, 1.165) is 24.9 Å². The number of benzene rings is 1. The van der Waals surface area contributed by atoms with E-state index in [4.69, 9.17) is 11.6 Å². The van der Waals surface area contributed by atoms with E-state index >= 15 is 0 Å². The van der Waals surface area contributed by atoms with Crippen LogP contribution in [0.15, 0.2) is 24.3 Å². The summed E-state index contributed by atoms with van der Waals surface area (Å²) < 4.78 is 0. The lowest BCUT2D eigenvalue weighted by Crippen LogP contribution is -2.42. The molecule has 1 aromatic carbocycles. The lowest BCUT2D eigenvalue weighted by molar-refractivity contribution is -0.126. The van der Waals surface area contributed by atoms with Gasteiger partial charge in [0.25, 0.3) is 0 Å². The van der Waals surface area contributed by atoms with Crippen LogP contribution in [0.5, 0.6) is 0 Å². The molecule has 0 aromatic heterocycles. The second-order valence-electron chi connectivity index (χ2n) is 4.89. The Labute approximate surface area is 113 Å². The summed E-state index contributed by atoms with van der Waals surface area (Å²) in [7, 11) is 0. The highest BCUT2D eigenvalue weighted by Crippen LogP contribution is 2.18. The summed E-state index contributed by atoms with van der Waals surface area (Å²) in [5, 5.41) is 7.03. The molecule has 18 heavy (non-hydrogen) atoms. The second kappa shape index (κ2) is 6.21. The molecule has 0 aliphatic carbocycles. The minimum Gasteiger partial charge on any atom is -0.352 e. The SMILES string of the molecule is CC1CC(C(=O)NCc2ccccc2Cl)CCN1. The molecule has 0 spiro atoms. The topological polar surface area (TPSA) is 41.1 Å². The van der Waals surface area contributed by atoms with Gasteiger partial charge in [0.1, 0.15) is 0 Å². The lowest BCUT2D eigenvalue weighted by Gasteiger charge is -2.27. The van der Waals surface area contributed by atoms with Crippen molar-refractivity contribution in [1.82, 2.24) is 10.6 Å². The quantitative estimate of drug-likeness (QED) is 0.882. The lowest BCUT2D eigenvalue weighted by atomic mass is 9.92. The highest BCUT2D eigenvalue weighted by molar-refractivity contribution is 6.31. The van der Waals surface area contributed by atoms with Gasteiger partial charge in [-0.2, -0.15) is 0 Å². The van der Waals surface area contributed by atoms with E-state index in [9.17, 15) is 4.79 Å². The summed E-state index contributed by atoms with van der Waals surface area (Å²) in [6, 6.07) is 8.03. The van der Waals surface area contributed by atoms with Crippen molar-refractivity contribution in [1.29, 1.82) is 0 Å². The van der Waals surface area contributed by atoms with Crippen molar-refractivity contribution >= 4 is 17.5 Å². The molecule has 0 bridgehead atoms. The first kappa shape index (κ1) is 13.4. The van der Waals surface area contributed by atoms with Gasteiger partial charge in [0, 0.05) is 23.5 Å². The number of hydrogen-bond acceptors (Lipinski definition) is 2. The average molecular weight is 267 g/mol. The smallest absolute Gasteiger partial charge is 0.223 e. The van der Waals surface area contributed by atoms with Gasteiger partial charge in [0.2, 0.25) is 5.91 Å². The van der Waals surface area contributed by atoms with Gasteiger partial charge in [0.15, 0.2) is 0 Å². The zero-order valence-corrected chi connectivity index (χ0v) is 11.3. The first-order valence-electron chi connectivity index (χ1n) is 6.41. The van der Waals surface area contributed by atoms with E-state index < -0.39 is 0 Å². The van der Waals surface area contributed by atoms with Gasteiger partial charge in [-0.15, -0.1) is 0 Å². The Morgan fingerprint density at radius 2 is 2.28 bits per heavy atom. The Balaban J connectivity index is 1.86. The number of halogens is 1. The van der Waals surface area contributed by atoms with Crippen LogP contribution in [0.4, 0.5) is 0 Å². The zero-order valence-electron chi connectivity index (χ0n) is 10.6. The molecule has 1 heterocycles. The van der Waals surface area contributed by atoms with E-state index in [0.29, 0.717) is 17.6 Å². The molecule has 0 radical (unpaired) electrons. The molecule has 2 atom stereocenters. The Morgan fingerprint density at radius 3 is 3.00 bits per heavy atom. The third-order valence-corrected chi connectivity index (χ3v) is 3.77. The maximum absolute atomic E-state index is 12.0. The predicted octanol–water partition coefficient (Wildman–Crippen LogP) is 2.34. The number of hydrogen-bond donors (Lipinski definition) is 2. The Bertz CT molecular complexity index is 422. The van der Waals surface area contributed by atoms with Crippen LogP contribution in [0.3, 0.4) is 0 Å². The maximum atomic E-state index is 12.0. The van der Waals surface area contributed by atoms with Crippen LogP contribution >= 0.6 is 11.6 Å². The number of amides is 1. The molecular formula is C14H19ClN2O. The molecule has 1 aliphatic heterocycles. The second-order valence-corrected chi connectivity index (χ2v) is 5.29. The van der Waals surface area contributed by atoms with Crippen LogP contribution in [0.2, 0.25) is 5.02 Å². The summed E-state index contributed by atoms with van der Waals surface area (Å²) in [4.78, 5) is 12.0. The molecule has 1 aromatic rings. The van der Waals surface area contributed by atoms with E-state index in [1.165, 1.54) is 0 Å². The van der Waals surface area contributed by atoms with Crippen LogP contribution in [-0.4, -0.2) is 18.5 Å². The third-order valence-electron chi connectivity index (χ3n) is 3.41. The molecule has 0 saturated carbocycles. The number of carbonyl (C=O) groups excluding carboxylic acids is 1. The molecule has 1 fully saturated rings. The van der Waals surface area contributed by atoms with Gasteiger partial charge >= 0.3 is 0 Å². The molecule has 2 rings (SSSR count). The zero-order chi connectivity index (χ0) is 13.0. The first-order valence-corrected chi connectivity index (χ1v) is 6.79. The summed E-state index contributed by atoms with van der Waals surface area (Å²) in [5.41, 5.74) is 0.967. The van der Waals surface area contributed by atoms with Gasteiger partial charge < -0.3 is 10.6 Å². The summed E-state index contributed by atoms with van der Waals surface area (Å²) in [6.45, 7) is 3.55. The maximum Gasteiger partial charge on any atom is 0.223 e. The van der Waals surface area contributed by atoms with Crippen LogP contribution < -0.4 is 10.6 Å². The molecule has 4 heteroatoms. The highest BCUT2D eigenvalue weighted by atomic mass is 35.5. The third kappa shape index (κ3) is 3.47. The Morgan fingerprint density at radius 1 is 1.50 bits per heavy atom. The molecule has 1 saturated heterocycles. The van der Waals surface area contributed by atoms with E-state index in [1.54, 1.807) is 0 Å². The predicted molar refractivity (Wildman–Crippen MR) is 73.5 cm³/mol. The minimum absolute atomic E-state index is 0.128. The van der Waals surface area contributed by atoms with Gasteiger partial charge in [-0.25, -0.2) is 0 Å². The molecule has 98 valence electrons. The van der Waals surface area contributed by atoms with Crippen molar-refractivity contribution in [2.75, 3.05) is 6.54 Å². The largest absolute Gasteiger partial charge is 0.352 e. The Kier molecular flexibility index (Phi) is 4.61. The molecular weight excluding hydrogens is 248 g/mol. The van der Waals surface area contributed by atoms with Crippen LogP contribution in [0, 0.1) is 5.92 Å². The monoisotopic (exact) mass is 266 g/mol. The van der Waals surface area contributed by atoms with Gasteiger partial charge in [-0.1, -0.05) is 29.8 Å². The summed E-state index contributed by atoms with van der Waals surface area (Å²) in [5.74, 6) is 0.270. The number of rotatable bonds is 3. The molecule has 2 N–H and O–H groups in total. The number of carbonyl (C=O) groups is 1. The molecule has 2 unspecified atom stereocenters. The fraction of sp³-hybridized carbons (Fsp3) is 0.500. The molecule has 3 nitrogen and oxygen atoms in total. The summed E-state index contributed by atoms with van der Waals surface area (Å²) >= 11 is 6.06. The van der Waals surface area contributed by atoms with Crippen molar-refractivity contribution in [3.8, 4) is 0 Å². The van der Waals surface area contributed by atoms with Crippen molar-refractivity contribution in [3.63, 3.8) is 0 Å². The minimum atomic E-state index is 0.128. The van der Waals surface area contributed by atoms with Crippen LogP contribution in [0.1, 0.15) is 25.3 Å². The molecule has 1 aliphatic rings. The van der Waals surface area contributed by atoms with Gasteiger partial charge in [-0.3, -0.25) is 4.79 Å². The van der Waals surface area contributed by atoms with Gasteiger partial charge in [0.05, 0.1) is 0 Å². The van der Waals surface area contributed by atoms with E-state index in [-0.39, 0.29) is 11.8 Å². The normalized spacial score (nSPS) is 23.7. The van der Waals surface area contributed by atoms with E-state index in [1.807, 2.05) is 24.3 Å². The van der Waals surface area contributed by atoms with Crippen LogP contribution in [-0.2, 0) is 11.3 Å². The fourth-order valence-corrected chi connectivity index (χ4v) is 2.54. The molecule has 1 amide bonds.